The number of halogens is 1. The molecule has 0 radical (unpaired) electrons. The van der Waals surface area contributed by atoms with Gasteiger partial charge in [0.1, 0.15) is 5.82 Å². The molecular formula is C14H17FO2. The minimum atomic E-state index is -0.901. The Labute approximate surface area is 100 Å². The summed E-state index contributed by atoms with van der Waals surface area (Å²) in [5.74, 6) is -1.90. The van der Waals surface area contributed by atoms with Crippen LogP contribution in [0.5, 0.6) is 0 Å². The van der Waals surface area contributed by atoms with E-state index in [1.807, 2.05) is 0 Å². The van der Waals surface area contributed by atoms with Crippen LogP contribution in [0.4, 0.5) is 4.39 Å². The number of carbonyl (C=O) groups is 1. The van der Waals surface area contributed by atoms with Gasteiger partial charge in [0, 0.05) is 5.56 Å². The summed E-state index contributed by atoms with van der Waals surface area (Å²) in [6.07, 6.45) is 5.07. The first-order valence-electron chi connectivity index (χ1n) is 6.17. The van der Waals surface area contributed by atoms with Gasteiger partial charge in [-0.3, -0.25) is 4.79 Å². The summed E-state index contributed by atoms with van der Waals surface area (Å²) in [4.78, 5) is 11.4. The van der Waals surface area contributed by atoms with Gasteiger partial charge in [0.15, 0.2) is 0 Å². The molecule has 92 valence electrons. The van der Waals surface area contributed by atoms with Crippen molar-refractivity contribution in [1.82, 2.24) is 0 Å². The molecule has 1 atom stereocenters. The second kappa shape index (κ2) is 5.30. The van der Waals surface area contributed by atoms with Crippen LogP contribution in [0, 0.1) is 11.7 Å². The summed E-state index contributed by atoms with van der Waals surface area (Å²) < 4.78 is 13.7. The highest BCUT2D eigenvalue weighted by Gasteiger charge is 2.32. The summed E-state index contributed by atoms with van der Waals surface area (Å²) in [6, 6.07) is 6.24. The van der Waals surface area contributed by atoms with E-state index in [4.69, 9.17) is 0 Å². The monoisotopic (exact) mass is 236 g/mol. The molecule has 1 aliphatic rings. The van der Waals surface area contributed by atoms with Gasteiger partial charge in [-0.2, -0.15) is 0 Å². The lowest BCUT2D eigenvalue weighted by Crippen LogP contribution is -2.24. The third-order valence-corrected chi connectivity index (χ3v) is 3.63. The van der Waals surface area contributed by atoms with E-state index in [0.29, 0.717) is 5.56 Å². The van der Waals surface area contributed by atoms with Crippen LogP contribution in [0.3, 0.4) is 0 Å². The molecule has 1 aliphatic carbocycles. The second-order valence-corrected chi connectivity index (χ2v) is 4.74. The molecule has 0 aliphatic heterocycles. The smallest absolute Gasteiger partial charge is 0.311 e. The van der Waals surface area contributed by atoms with Crippen LogP contribution in [0.15, 0.2) is 24.3 Å². The van der Waals surface area contributed by atoms with Crippen molar-refractivity contribution in [1.29, 1.82) is 0 Å². The second-order valence-electron chi connectivity index (χ2n) is 4.74. The molecule has 0 heterocycles. The van der Waals surface area contributed by atoms with Crippen LogP contribution in [-0.2, 0) is 4.79 Å². The van der Waals surface area contributed by atoms with Crippen molar-refractivity contribution in [3.8, 4) is 0 Å². The quantitative estimate of drug-likeness (QED) is 0.871. The maximum atomic E-state index is 13.7. The molecule has 2 nitrogen and oxygen atoms in total. The maximum Gasteiger partial charge on any atom is 0.311 e. The van der Waals surface area contributed by atoms with Gasteiger partial charge in [0.25, 0.3) is 0 Å². The highest BCUT2D eigenvalue weighted by Crippen LogP contribution is 2.37. The first kappa shape index (κ1) is 12.1. The molecule has 0 amide bonds. The summed E-state index contributed by atoms with van der Waals surface area (Å²) in [5, 5.41) is 9.34. The van der Waals surface area contributed by atoms with Crippen molar-refractivity contribution in [2.45, 2.75) is 38.0 Å². The van der Waals surface area contributed by atoms with E-state index in [1.54, 1.807) is 18.2 Å². The number of carboxylic acid groups (broad SMARTS) is 1. The molecule has 0 saturated heterocycles. The number of hydrogen-bond acceptors (Lipinski definition) is 1. The molecule has 1 N–H and O–H groups in total. The lowest BCUT2D eigenvalue weighted by atomic mass is 9.77. The Morgan fingerprint density at radius 2 is 1.88 bits per heavy atom. The van der Waals surface area contributed by atoms with Gasteiger partial charge >= 0.3 is 5.97 Å². The van der Waals surface area contributed by atoms with Gasteiger partial charge < -0.3 is 5.11 Å². The Kier molecular flexibility index (Phi) is 3.77. The molecule has 2 rings (SSSR count). The van der Waals surface area contributed by atoms with Gasteiger partial charge in [-0.15, -0.1) is 0 Å². The summed E-state index contributed by atoms with van der Waals surface area (Å²) in [6.45, 7) is 0. The molecule has 1 saturated carbocycles. The van der Waals surface area contributed by atoms with E-state index in [-0.39, 0.29) is 5.92 Å². The van der Waals surface area contributed by atoms with E-state index in [0.717, 1.165) is 25.7 Å². The van der Waals surface area contributed by atoms with Gasteiger partial charge in [0.05, 0.1) is 5.92 Å². The molecule has 17 heavy (non-hydrogen) atoms. The zero-order valence-corrected chi connectivity index (χ0v) is 9.73. The van der Waals surface area contributed by atoms with E-state index < -0.39 is 17.7 Å². The zero-order chi connectivity index (χ0) is 12.3. The molecule has 1 fully saturated rings. The average Bonchev–Trinajstić information content (AvgIpc) is 2.33. The van der Waals surface area contributed by atoms with Crippen molar-refractivity contribution >= 4 is 5.97 Å². The third kappa shape index (κ3) is 2.65. The van der Waals surface area contributed by atoms with Gasteiger partial charge in [-0.05, 0) is 24.8 Å². The lowest BCUT2D eigenvalue weighted by molar-refractivity contribution is -0.140. The molecular weight excluding hydrogens is 219 g/mol. The van der Waals surface area contributed by atoms with Crippen LogP contribution in [0.25, 0.3) is 0 Å². The van der Waals surface area contributed by atoms with Crippen molar-refractivity contribution < 1.29 is 14.3 Å². The Morgan fingerprint density at radius 1 is 1.24 bits per heavy atom. The maximum absolute atomic E-state index is 13.7. The third-order valence-electron chi connectivity index (χ3n) is 3.63. The average molecular weight is 236 g/mol. The highest BCUT2D eigenvalue weighted by molar-refractivity contribution is 5.76. The number of carboxylic acids is 1. The molecule has 1 aromatic rings. The zero-order valence-electron chi connectivity index (χ0n) is 9.73. The van der Waals surface area contributed by atoms with Crippen LogP contribution in [-0.4, -0.2) is 11.1 Å². The van der Waals surface area contributed by atoms with Crippen LogP contribution >= 0.6 is 0 Å². The van der Waals surface area contributed by atoms with Gasteiger partial charge in [-0.1, -0.05) is 37.5 Å². The summed E-state index contributed by atoms with van der Waals surface area (Å²) >= 11 is 0. The highest BCUT2D eigenvalue weighted by atomic mass is 19.1. The number of benzene rings is 1. The minimum Gasteiger partial charge on any atom is -0.481 e. The normalized spacial score (nSPS) is 18.9. The predicted molar refractivity (Wildman–Crippen MR) is 63.4 cm³/mol. The summed E-state index contributed by atoms with van der Waals surface area (Å²) in [7, 11) is 0. The first-order chi connectivity index (χ1) is 8.20. The fourth-order valence-electron chi connectivity index (χ4n) is 2.78. The Bertz CT molecular complexity index is 397. The van der Waals surface area contributed by atoms with Crippen LogP contribution in [0.1, 0.15) is 43.6 Å². The fraction of sp³-hybridized carbons (Fsp3) is 0.500. The minimum absolute atomic E-state index is 0.0816. The lowest BCUT2D eigenvalue weighted by Gasteiger charge is -2.27. The SMILES string of the molecule is O=C(O)C(c1ccccc1F)C1CCCCC1. The van der Waals surface area contributed by atoms with E-state index in [9.17, 15) is 14.3 Å². The van der Waals surface area contributed by atoms with Gasteiger partial charge in [0.2, 0.25) is 0 Å². The predicted octanol–water partition coefficient (Wildman–Crippen LogP) is 3.57. The van der Waals surface area contributed by atoms with Crippen molar-refractivity contribution in [2.75, 3.05) is 0 Å². The van der Waals surface area contributed by atoms with Crippen molar-refractivity contribution in [3.63, 3.8) is 0 Å². The topological polar surface area (TPSA) is 37.3 Å². The molecule has 0 aromatic heterocycles. The molecule has 0 spiro atoms. The number of hydrogen-bond donors (Lipinski definition) is 1. The Balaban J connectivity index is 2.28. The molecule has 1 aromatic carbocycles. The molecule has 0 bridgehead atoms. The van der Waals surface area contributed by atoms with Gasteiger partial charge in [-0.25, -0.2) is 4.39 Å². The summed E-state index contributed by atoms with van der Waals surface area (Å²) in [5.41, 5.74) is 0.340. The number of rotatable bonds is 3. The first-order valence-corrected chi connectivity index (χ1v) is 6.17. The fourth-order valence-corrected chi connectivity index (χ4v) is 2.78. The molecule has 3 heteroatoms. The Hall–Kier alpha value is -1.38. The van der Waals surface area contributed by atoms with Crippen LogP contribution in [0.2, 0.25) is 0 Å². The van der Waals surface area contributed by atoms with E-state index >= 15 is 0 Å². The van der Waals surface area contributed by atoms with E-state index in [1.165, 1.54) is 12.5 Å². The van der Waals surface area contributed by atoms with Crippen LogP contribution < -0.4 is 0 Å². The largest absolute Gasteiger partial charge is 0.481 e. The van der Waals surface area contributed by atoms with Crippen molar-refractivity contribution in [2.24, 2.45) is 5.92 Å². The number of aliphatic carboxylic acids is 1. The molecule has 1 unspecified atom stereocenters. The standard InChI is InChI=1S/C14H17FO2/c15-12-9-5-4-8-11(12)13(14(16)17)10-6-2-1-3-7-10/h4-5,8-10,13H,1-3,6-7H2,(H,16,17). The van der Waals surface area contributed by atoms with Crippen molar-refractivity contribution in [3.05, 3.63) is 35.6 Å². The Morgan fingerprint density at radius 3 is 2.47 bits per heavy atom. The van der Waals surface area contributed by atoms with E-state index in [2.05, 4.69) is 0 Å².